The van der Waals surface area contributed by atoms with Gasteiger partial charge in [-0.15, -0.1) is 0 Å². The van der Waals surface area contributed by atoms with Gasteiger partial charge in [-0.05, 0) is 35.7 Å². The number of ether oxygens (including phenoxy) is 2. The monoisotopic (exact) mass is 270 g/mol. The molecule has 20 heavy (non-hydrogen) atoms. The van der Waals surface area contributed by atoms with Crippen LogP contribution in [0.25, 0.3) is 0 Å². The summed E-state index contributed by atoms with van der Waals surface area (Å²) in [4.78, 5) is 11.9. The summed E-state index contributed by atoms with van der Waals surface area (Å²) in [7, 11) is 1.60. The molecular formula is C17H18O3. The summed E-state index contributed by atoms with van der Waals surface area (Å²) in [6, 6.07) is 16.9. The van der Waals surface area contributed by atoms with E-state index in [1.807, 2.05) is 37.3 Å². The lowest BCUT2D eigenvalue weighted by Crippen LogP contribution is -2.11. The minimum Gasteiger partial charge on any atom is -0.497 e. The van der Waals surface area contributed by atoms with E-state index < -0.39 is 0 Å². The Labute approximate surface area is 119 Å². The highest BCUT2D eigenvalue weighted by atomic mass is 16.5. The summed E-state index contributed by atoms with van der Waals surface area (Å²) in [6.45, 7) is 2.02. The summed E-state index contributed by atoms with van der Waals surface area (Å²) in [5.74, 6) is 1.19. The second kappa shape index (κ2) is 6.75. The van der Waals surface area contributed by atoms with E-state index in [4.69, 9.17) is 9.47 Å². The molecule has 3 heteroatoms. The van der Waals surface area contributed by atoms with E-state index in [-0.39, 0.29) is 11.9 Å². The predicted octanol–water partition coefficient (Wildman–Crippen LogP) is 3.79. The van der Waals surface area contributed by atoms with Crippen LogP contribution in [0.15, 0.2) is 54.6 Å². The summed E-state index contributed by atoms with van der Waals surface area (Å²) < 4.78 is 10.4. The number of carbonyl (C=O) groups excluding carboxylic acids is 1. The van der Waals surface area contributed by atoms with Crippen LogP contribution in [0.2, 0.25) is 0 Å². The second-order valence-corrected chi connectivity index (χ2v) is 4.67. The third kappa shape index (κ3) is 3.85. The van der Waals surface area contributed by atoms with Gasteiger partial charge in [0.15, 0.2) is 0 Å². The van der Waals surface area contributed by atoms with Crippen molar-refractivity contribution in [1.82, 2.24) is 0 Å². The summed E-state index contributed by atoms with van der Waals surface area (Å²) in [5, 5.41) is 0. The third-order valence-electron chi connectivity index (χ3n) is 3.13. The van der Waals surface area contributed by atoms with E-state index in [0.717, 1.165) is 11.3 Å². The number of benzene rings is 2. The quantitative estimate of drug-likeness (QED) is 0.612. The standard InChI is InChI=1S/C17H18O3/c1-13(14-6-4-3-5-7-14)12-17(18)20-16-10-8-15(19-2)9-11-16/h3-11,13H,12H2,1-2H3. The van der Waals surface area contributed by atoms with Gasteiger partial charge in [0, 0.05) is 0 Å². The molecule has 2 aromatic carbocycles. The van der Waals surface area contributed by atoms with Crippen LogP contribution in [0.3, 0.4) is 0 Å². The Morgan fingerprint density at radius 3 is 2.20 bits per heavy atom. The maximum atomic E-state index is 11.9. The zero-order valence-corrected chi connectivity index (χ0v) is 11.7. The van der Waals surface area contributed by atoms with Gasteiger partial charge in [-0.2, -0.15) is 0 Å². The average molecular weight is 270 g/mol. The second-order valence-electron chi connectivity index (χ2n) is 4.67. The molecule has 104 valence electrons. The molecule has 2 aromatic rings. The fraction of sp³-hybridized carbons (Fsp3) is 0.235. The van der Waals surface area contributed by atoms with Gasteiger partial charge in [0.25, 0.3) is 0 Å². The Balaban J connectivity index is 1.91. The average Bonchev–Trinajstić information content (AvgIpc) is 2.49. The Hall–Kier alpha value is -2.29. The van der Waals surface area contributed by atoms with Crippen LogP contribution in [0.4, 0.5) is 0 Å². The highest BCUT2D eigenvalue weighted by molar-refractivity contribution is 5.73. The molecule has 0 aromatic heterocycles. The molecule has 0 radical (unpaired) electrons. The van der Waals surface area contributed by atoms with Crippen molar-refractivity contribution in [1.29, 1.82) is 0 Å². The summed E-state index contributed by atoms with van der Waals surface area (Å²) in [6.07, 6.45) is 0.357. The molecule has 1 atom stereocenters. The molecule has 2 rings (SSSR count). The highest BCUT2D eigenvalue weighted by Crippen LogP contribution is 2.21. The van der Waals surface area contributed by atoms with Gasteiger partial charge in [-0.25, -0.2) is 0 Å². The van der Waals surface area contributed by atoms with Crippen molar-refractivity contribution in [2.75, 3.05) is 7.11 Å². The first-order valence-corrected chi connectivity index (χ1v) is 6.58. The lowest BCUT2D eigenvalue weighted by molar-refractivity contribution is -0.134. The van der Waals surface area contributed by atoms with Crippen molar-refractivity contribution in [3.8, 4) is 11.5 Å². The van der Waals surface area contributed by atoms with Crippen molar-refractivity contribution < 1.29 is 14.3 Å². The van der Waals surface area contributed by atoms with Gasteiger partial charge in [0.05, 0.1) is 13.5 Å². The first kappa shape index (κ1) is 14.1. The number of carbonyl (C=O) groups is 1. The molecule has 0 bridgehead atoms. The van der Waals surface area contributed by atoms with E-state index in [1.165, 1.54) is 0 Å². The van der Waals surface area contributed by atoms with Crippen LogP contribution in [-0.4, -0.2) is 13.1 Å². The van der Waals surface area contributed by atoms with E-state index in [2.05, 4.69) is 0 Å². The predicted molar refractivity (Wildman–Crippen MR) is 78.1 cm³/mol. The molecule has 0 aliphatic heterocycles. The van der Waals surface area contributed by atoms with E-state index in [1.54, 1.807) is 31.4 Å². The summed E-state index contributed by atoms with van der Waals surface area (Å²) in [5.41, 5.74) is 1.14. The molecule has 0 amide bonds. The largest absolute Gasteiger partial charge is 0.497 e. The molecule has 0 saturated heterocycles. The van der Waals surface area contributed by atoms with Gasteiger partial charge >= 0.3 is 5.97 Å². The number of hydrogen-bond donors (Lipinski definition) is 0. The molecule has 0 aliphatic carbocycles. The van der Waals surface area contributed by atoms with Crippen LogP contribution in [0.5, 0.6) is 11.5 Å². The van der Waals surface area contributed by atoms with Crippen molar-refractivity contribution >= 4 is 5.97 Å². The van der Waals surface area contributed by atoms with Crippen LogP contribution in [0.1, 0.15) is 24.8 Å². The zero-order valence-electron chi connectivity index (χ0n) is 11.7. The maximum Gasteiger partial charge on any atom is 0.311 e. The van der Waals surface area contributed by atoms with Gasteiger partial charge in [-0.1, -0.05) is 37.3 Å². The first-order valence-electron chi connectivity index (χ1n) is 6.58. The maximum absolute atomic E-state index is 11.9. The molecule has 0 spiro atoms. The number of methoxy groups -OCH3 is 1. The first-order chi connectivity index (χ1) is 9.69. The third-order valence-corrected chi connectivity index (χ3v) is 3.13. The fourth-order valence-corrected chi connectivity index (χ4v) is 1.97. The Kier molecular flexibility index (Phi) is 4.77. The number of rotatable bonds is 5. The van der Waals surface area contributed by atoms with Crippen molar-refractivity contribution in [2.24, 2.45) is 0 Å². The van der Waals surface area contributed by atoms with Gasteiger partial charge in [-0.3, -0.25) is 4.79 Å². The topological polar surface area (TPSA) is 35.5 Å². The Morgan fingerprint density at radius 1 is 1.00 bits per heavy atom. The van der Waals surface area contributed by atoms with Gasteiger partial charge < -0.3 is 9.47 Å². The molecule has 0 heterocycles. The van der Waals surface area contributed by atoms with Crippen LogP contribution >= 0.6 is 0 Å². The van der Waals surface area contributed by atoms with Crippen molar-refractivity contribution in [3.63, 3.8) is 0 Å². The normalized spacial score (nSPS) is 11.7. The molecular weight excluding hydrogens is 252 g/mol. The summed E-state index contributed by atoms with van der Waals surface area (Å²) >= 11 is 0. The fourth-order valence-electron chi connectivity index (χ4n) is 1.97. The minimum absolute atomic E-state index is 0.141. The number of hydrogen-bond acceptors (Lipinski definition) is 3. The molecule has 0 fully saturated rings. The SMILES string of the molecule is COc1ccc(OC(=O)CC(C)c2ccccc2)cc1. The minimum atomic E-state index is -0.230. The molecule has 3 nitrogen and oxygen atoms in total. The lowest BCUT2D eigenvalue weighted by Gasteiger charge is -2.11. The highest BCUT2D eigenvalue weighted by Gasteiger charge is 2.12. The van der Waals surface area contributed by atoms with Gasteiger partial charge in [0.1, 0.15) is 11.5 Å². The Morgan fingerprint density at radius 2 is 1.60 bits per heavy atom. The van der Waals surface area contributed by atoms with Crippen LogP contribution in [-0.2, 0) is 4.79 Å². The van der Waals surface area contributed by atoms with Crippen molar-refractivity contribution in [2.45, 2.75) is 19.3 Å². The molecule has 0 N–H and O–H groups in total. The van der Waals surface area contributed by atoms with E-state index >= 15 is 0 Å². The van der Waals surface area contributed by atoms with E-state index in [9.17, 15) is 4.79 Å². The van der Waals surface area contributed by atoms with Crippen LogP contribution in [0, 0.1) is 0 Å². The number of esters is 1. The van der Waals surface area contributed by atoms with E-state index in [0.29, 0.717) is 12.2 Å². The van der Waals surface area contributed by atoms with Crippen LogP contribution < -0.4 is 9.47 Å². The Bertz CT molecular complexity index is 546. The molecule has 1 unspecified atom stereocenters. The zero-order chi connectivity index (χ0) is 14.4. The van der Waals surface area contributed by atoms with Crippen molar-refractivity contribution in [3.05, 3.63) is 60.2 Å². The lowest BCUT2D eigenvalue weighted by atomic mass is 9.98. The smallest absolute Gasteiger partial charge is 0.311 e. The van der Waals surface area contributed by atoms with Gasteiger partial charge in [0.2, 0.25) is 0 Å². The molecule has 0 aliphatic rings. The molecule has 0 saturated carbocycles.